The maximum absolute atomic E-state index is 8.82. The van der Waals surface area contributed by atoms with E-state index in [2.05, 4.69) is 10.3 Å². The van der Waals surface area contributed by atoms with Gasteiger partial charge in [-0.25, -0.2) is 4.99 Å². The van der Waals surface area contributed by atoms with Crippen molar-refractivity contribution in [1.82, 2.24) is 0 Å². The standard InChI is InChI=1S/C14H14ClN3O2/c1-19-12-5-6-17-14(13(12)20-2)18-11-4-3-9(8-16)7-10(11)15/h3-7,12-13H,1-2H3,(H,17,18). The first kappa shape index (κ1) is 14.5. The molecular weight excluding hydrogens is 278 g/mol. The van der Waals surface area contributed by atoms with Crippen LogP contribution in [0.15, 0.2) is 35.5 Å². The van der Waals surface area contributed by atoms with Gasteiger partial charge in [-0.05, 0) is 24.3 Å². The van der Waals surface area contributed by atoms with E-state index < -0.39 is 0 Å². The van der Waals surface area contributed by atoms with Gasteiger partial charge in [0.05, 0.1) is 22.3 Å². The number of amidine groups is 1. The molecule has 104 valence electrons. The molecule has 6 heteroatoms. The van der Waals surface area contributed by atoms with Crippen molar-refractivity contribution >= 4 is 23.1 Å². The fourth-order valence-electron chi connectivity index (χ4n) is 1.91. The van der Waals surface area contributed by atoms with Crippen LogP contribution < -0.4 is 5.32 Å². The van der Waals surface area contributed by atoms with Crippen molar-refractivity contribution in [2.75, 3.05) is 19.5 Å². The van der Waals surface area contributed by atoms with Crippen molar-refractivity contribution < 1.29 is 9.47 Å². The summed E-state index contributed by atoms with van der Waals surface area (Å²) in [5, 5.41) is 12.4. The number of rotatable bonds is 3. The summed E-state index contributed by atoms with van der Waals surface area (Å²) in [6, 6.07) is 7.05. The zero-order chi connectivity index (χ0) is 14.5. The van der Waals surface area contributed by atoms with E-state index >= 15 is 0 Å². The molecule has 0 amide bonds. The minimum Gasteiger partial charge on any atom is -0.374 e. The summed E-state index contributed by atoms with van der Waals surface area (Å²) in [5.41, 5.74) is 1.17. The summed E-state index contributed by atoms with van der Waals surface area (Å²) in [4.78, 5) is 4.26. The summed E-state index contributed by atoms with van der Waals surface area (Å²) in [6.45, 7) is 0. The fraction of sp³-hybridized carbons (Fsp3) is 0.286. The van der Waals surface area contributed by atoms with Crippen molar-refractivity contribution in [2.45, 2.75) is 12.2 Å². The van der Waals surface area contributed by atoms with E-state index in [0.29, 0.717) is 22.1 Å². The number of ether oxygens (including phenoxy) is 2. The van der Waals surface area contributed by atoms with Gasteiger partial charge in [-0.15, -0.1) is 0 Å². The van der Waals surface area contributed by atoms with Gasteiger partial charge in [0.25, 0.3) is 0 Å². The summed E-state index contributed by atoms with van der Waals surface area (Å²) in [5.74, 6) is 0.605. The van der Waals surface area contributed by atoms with Crippen LogP contribution in [0.25, 0.3) is 0 Å². The van der Waals surface area contributed by atoms with E-state index in [0.717, 1.165) is 0 Å². The van der Waals surface area contributed by atoms with Crippen LogP contribution in [0.1, 0.15) is 5.56 Å². The van der Waals surface area contributed by atoms with E-state index in [-0.39, 0.29) is 12.2 Å². The topological polar surface area (TPSA) is 66.6 Å². The highest BCUT2D eigenvalue weighted by Gasteiger charge is 2.27. The lowest BCUT2D eigenvalue weighted by atomic mass is 10.1. The number of hydrogen-bond donors (Lipinski definition) is 1. The van der Waals surface area contributed by atoms with Crippen molar-refractivity contribution in [3.63, 3.8) is 0 Å². The number of anilines is 1. The highest BCUT2D eigenvalue weighted by atomic mass is 35.5. The second-order valence-corrected chi connectivity index (χ2v) is 4.55. The van der Waals surface area contributed by atoms with E-state index in [1.807, 2.05) is 12.1 Å². The van der Waals surface area contributed by atoms with Crippen LogP contribution in [-0.2, 0) is 9.47 Å². The van der Waals surface area contributed by atoms with Gasteiger partial charge in [-0.3, -0.25) is 0 Å². The second kappa shape index (κ2) is 6.53. The van der Waals surface area contributed by atoms with Crippen molar-refractivity contribution in [3.8, 4) is 6.07 Å². The third kappa shape index (κ3) is 2.99. The molecule has 0 aliphatic carbocycles. The van der Waals surface area contributed by atoms with Crippen LogP contribution in [0, 0.1) is 11.3 Å². The predicted octanol–water partition coefficient (Wildman–Crippen LogP) is 2.58. The maximum atomic E-state index is 8.82. The smallest absolute Gasteiger partial charge is 0.144 e. The van der Waals surface area contributed by atoms with E-state index in [1.54, 1.807) is 38.6 Å². The Labute approximate surface area is 122 Å². The molecule has 1 heterocycles. The molecule has 0 radical (unpaired) electrons. The molecule has 0 bridgehead atoms. The molecule has 0 aromatic heterocycles. The molecule has 0 saturated heterocycles. The minimum atomic E-state index is -0.336. The highest BCUT2D eigenvalue weighted by Crippen LogP contribution is 2.24. The van der Waals surface area contributed by atoms with Crippen molar-refractivity contribution in [1.29, 1.82) is 5.26 Å². The van der Waals surface area contributed by atoms with Crippen molar-refractivity contribution in [2.24, 2.45) is 4.99 Å². The van der Waals surface area contributed by atoms with Crippen LogP contribution in [0.5, 0.6) is 0 Å². The average Bonchev–Trinajstić information content (AvgIpc) is 2.48. The van der Waals surface area contributed by atoms with E-state index in [4.69, 9.17) is 26.3 Å². The Morgan fingerprint density at radius 3 is 2.75 bits per heavy atom. The van der Waals surface area contributed by atoms with Gasteiger partial charge in [0, 0.05) is 20.4 Å². The minimum absolute atomic E-state index is 0.211. The van der Waals surface area contributed by atoms with Crippen LogP contribution >= 0.6 is 11.6 Å². The molecule has 2 atom stereocenters. The molecule has 20 heavy (non-hydrogen) atoms. The Balaban J connectivity index is 2.23. The molecule has 1 aliphatic heterocycles. The zero-order valence-corrected chi connectivity index (χ0v) is 11.9. The lowest BCUT2D eigenvalue weighted by Crippen LogP contribution is -2.41. The van der Waals surface area contributed by atoms with Gasteiger partial charge < -0.3 is 14.8 Å². The monoisotopic (exact) mass is 291 g/mol. The molecule has 1 aliphatic rings. The molecule has 2 rings (SSSR count). The fourth-order valence-corrected chi connectivity index (χ4v) is 2.14. The SMILES string of the molecule is COC1C=CN=C(Nc2ccc(C#N)cc2Cl)C1OC. The van der Waals surface area contributed by atoms with Crippen LogP contribution in [0.2, 0.25) is 5.02 Å². The average molecular weight is 292 g/mol. The first-order valence-electron chi connectivity index (χ1n) is 5.96. The molecule has 2 unspecified atom stereocenters. The third-order valence-electron chi connectivity index (χ3n) is 2.94. The van der Waals surface area contributed by atoms with E-state index in [1.165, 1.54) is 0 Å². The van der Waals surface area contributed by atoms with Gasteiger partial charge in [-0.1, -0.05) is 11.6 Å². The van der Waals surface area contributed by atoms with Crippen molar-refractivity contribution in [3.05, 3.63) is 41.1 Å². The quantitative estimate of drug-likeness (QED) is 0.929. The third-order valence-corrected chi connectivity index (χ3v) is 3.26. The van der Waals surface area contributed by atoms with Gasteiger partial charge in [0.2, 0.25) is 0 Å². The number of nitrogens with one attached hydrogen (secondary N) is 1. The molecule has 1 aromatic carbocycles. The van der Waals surface area contributed by atoms with Crippen LogP contribution in [0.3, 0.4) is 0 Å². The second-order valence-electron chi connectivity index (χ2n) is 4.14. The Hall–Kier alpha value is -1.87. The Morgan fingerprint density at radius 1 is 1.35 bits per heavy atom. The van der Waals surface area contributed by atoms with Crippen LogP contribution in [-0.4, -0.2) is 32.3 Å². The summed E-state index contributed by atoms with van der Waals surface area (Å²) in [7, 11) is 3.20. The molecular formula is C14H14ClN3O2. The number of nitrogens with zero attached hydrogens (tertiary/aromatic N) is 2. The Bertz CT molecular complexity index is 593. The lowest BCUT2D eigenvalue weighted by Gasteiger charge is -2.26. The van der Waals surface area contributed by atoms with Gasteiger partial charge in [-0.2, -0.15) is 5.26 Å². The molecule has 5 nitrogen and oxygen atoms in total. The molecule has 0 saturated carbocycles. The number of benzene rings is 1. The first-order valence-corrected chi connectivity index (χ1v) is 6.34. The highest BCUT2D eigenvalue weighted by molar-refractivity contribution is 6.34. The number of methoxy groups -OCH3 is 2. The molecule has 1 N–H and O–H groups in total. The zero-order valence-electron chi connectivity index (χ0n) is 11.1. The molecule has 0 fully saturated rings. The van der Waals surface area contributed by atoms with Crippen LogP contribution in [0.4, 0.5) is 5.69 Å². The first-order chi connectivity index (χ1) is 9.69. The van der Waals surface area contributed by atoms with Gasteiger partial charge in [0.15, 0.2) is 0 Å². The lowest BCUT2D eigenvalue weighted by molar-refractivity contribution is 0.0240. The summed E-state index contributed by atoms with van der Waals surface area (Å²) in [6.07, 6.45) is 2.93. The van der Waals surface area contributed by atoms with Gasteiger partial charge in [0.1, 0.15) is 18.0 Å². The Morgan fingerprint density at radius 2 is 2.15 bits per heavy atom. The molecule has 0 spiro atoms. The largest absolute Gasteiger partial charge is 0.374 e. The molecule has 1 aromatic rings. The predicted molar refractivity (Wildman–Crippen MR) is 78.0 cm³/mol. The summed E-state index contributed by atoms with van der Waals surface area (Å²) < 4.78 is 10.7. The van der Waals surface area contributed by atoms with E-state index in [9.17, 15) is 0 Å². The number of halogens is 1. The number of hydrogen-bond acceptors (Lipinski definition) is 5. The number of nitriles is 1. The number of aliphatic imine (C=N–C) groups is 1. The van der Waals surface area contributed by atoms with Gasteiger partial charge >= 0.3 is 0 Å². The maximum Gasteiger partial charge on any atom is 0.144 e. The Kier molecular flexibility index (Phi) is 4.74. The summed E-state index contributed by atoms with van der Waals surface area (Å²) >= 11 is 6.13. The normalized spacial score (nSPS) is 21.2.